The van der Waals surface area contributed by atoms with Gasteiger partial charge in [0.1, 0.15) is 5.70 Å². The maximum Gasteiger partial charge on any atom is 0.371 e. The van der Waals surface area contributed by atoms with Gasteiger partial charge in [0.2, 0.25) is 0 Å². The molecule has 3 N–H and O–H groups in total. The molecule has 21 heavy (non-hydrogen) atoms. The molecule has 0 saturated carbocycles. The molecular weight excluding hydrogens is 298 g/mol. The highest BCUT2D eigenvalue weighted by atomic mass is 35.5. The zero-order chi connectivity index (χ0) is 15.0. The number of benzene rings is 1. The van der Waals surface area contributed by atoms with Crippen LogP contribution in [0.15, 0.2) is 46.9 Å². The molecule has 3 rings (SSSR count). The van der Waals surface area contributed by atoms with Gasteiger partial charge in [-0.15, -0.1) is 0 Å². The first-order chi connectivity index (χ1) is 10.0. The zero-order valence-corrected chi connectivity index (χ0v) is 11.3. The van der Waals surface area contributed by atoms with Crippen LogP contribution in [0, 0.1) is 0 Å². The van der Waals surface area contributed by atoms with Crippen molar-refractivity contribution >= 4 is 28.8 Å². The Balaban J connectivity index is 2.23. The van der Waals surface area contributed by atoms with E-state index in [1.807, 2.05) is 0 Å². The molecule has 1 aliphatic rings. The fourth-order valence-corrected chi connectivity index (χ4v) is 2.26. The minimum Gasteiger partial charge on any atom is -0.477 e. The summed E-state index contributed by atoms with van der Waals surface area (Å²) in [6.07, 6.45) is 0. The third-order valence-electron chi connectivity index (χ3n) is 3.06. The second-order valence-electron chi connectivity index (χ2n) is 4.37. The topological polar surface area (TPSA) is 91.9 Å². The Morgan fingerprint density at radius 1 is 1.19 bits per heavy atom. The number of aliphatic hydroxyl groups is 1. The highest BCUT2D eigenvalue weighted by Crippen LogP contribution is 2.40. The van der Waals surface area contributed by atoms with Gasteiger partial charge in [0.15, 0.2) is 11.0 Å². The summed E-state index contributed by atoms with van der Waals surface area (Å²) >= 11 is 5.73. The van der Waals surface area contributed by atoms with Gasteiger partial charge in [0.05, 0.1) is 5.57 Å². The Bertz CT molecular complexity index is 724. The lowest BCUT2D eigenvalue weighted by Gasteiger charge is -2.18. The lowest BCUT2D eigenvalue weighted by molar-refractivity contribution is -0.206. The molecule has 108 valence electrons. The molecular formula is C14H10ClNO5. The van der Waals surface area contributed by atoms with Crippen molar-refractivity contribution in [3.8, 4) is 0 Å². The summed E-state index contributed by atoms with van der Waals surface area (Å²) in [5.74, 6) is -3.80. The summed E-state index contributed by atoms with van der Waals surface area (Å²) in [5.41, 5.74) is 3.13. The van der Waals surface area contributed by atoms with E-state index in [1.165, 1.54) is 6.07 Å². The van der Waals surface area contributed by atoms with Crippen molar-refractivity contribution in [3.63, 3.8) is 0 Å². The van der Waals surface area contributed by atoms with Crippen molar-refractivity contribution < 1.29 is 24.3 Å². The van der Waals surface area contributed by atoms with E-state index in [0.29, 0.717) is 5.56 Å². The molecule has 2 aromatic rings. The van der Waals surface area contributed by atoms with Gasteiger partial charge in [-0.05, 0) is 29.3 Å². The van der Waals surface area contributed by atoms with E-state index in [4.69, 9.17) is 20.9 Å². The van der Waals surface area contributed by atoms with E-state index >= 15 is 0 Å². The Morgan fingerprint density at radius 3 is 2.48 bits per heavy atom. The number of halogens is 1. The average molecular weight is 308 g/mol. The third-order valence-corrected chi connectivity index (χ3v) is 3.26. The van der Waals surface area contributed by atoms with Crippen LogP contribution in [0.4, 0.5) is 0 Å². The molecule has 0 saturated heterocycles. The Hall–Kier alpha value is -2.28. The fraction of sp³-hybridized carbons (Fsp3) is 0.0714. The van der Waals surface area contributed by atoms with Crippen LogP contribution in [-0.2, 0) is 9.63 Å². The number of carboxylic acids is 1. The zero-order valence-electron chi connectivity index (χ0n) is 10.5. The molecule has 0 aliphatic carbocycles. The van der Waals surface area contributed by atoms with Crippen molar-refractivity contribution in [2.45, 2.75) is 5.79 Å². The van der Waals surface area contributed by atoms with E-state index in [9.17, 15) is 15.0 Å². The monoisotopic (exact) mass is 307 g/mol. The van der Waals surface area contributed by atoms with Gasteiger partial charge in [-0.25, -0.2) is 9.63 Å². The maximum atomic E-state index is 11.4. The number of hydroxylamine groups is 1. The lowest BCUT2D eigenvalue weighted by atomic mass is 9.95. The Kier molecular flexibility index (Phi) is 3.21. The number of furan rings is 1. The smallest absolute Gasteiger partial charge is 0.371 e. The van der Waals surface area contributed by atoms with Crippen LogP contribution in [0.1, 0.15) is 11.3 Å². The SMILES string of the molecule is O=C(O)C1(O)ONC(c2ccc(Cl)o2)=C1c1ccccc1. The highest BCUT2D eigenvalue weighted by molar-refractivity contribution is 6.29. The van der Waals surface area contributed by atoms with Crippen LogP contribution in [0.25, 0.3) is 11.3 Å². The summed E-state index contributed by atoms with van der Waals surface area (Å²) in [7, 11) is 0. The van der Waals surface area contributed by atoms with Crippen molar-refractivity contribution in [1.29, 1.82) is 0 Å². The first kappa shape index (κ1) is 13.7. The first-order valence-corrected chi connectivity index (χ1v) is 6.36. The molecule has 1 aromatic carbocycles. The molecule has 0 bridgehead atoms. The first-order valence-electron chi connectivity index (χ1n) is 5.98. The molecule has 1 aliphatic heterocycles. The summed E-state index contributed by atoms with van der Waals surface area (Å²) < 4.78 is 5.25. The van der Waals surface area contributed by atoms with Crippen molar-refractivity contribution in [3.05, 3.63) is 59.0 Å². The maximum absolute atomic E-state index is 11.4. The largest absolute Gasteiger partial charge is 0.477 e. The Morgan fingerprint density at radius 2 is 1.90 bits per heavy atom. The molecule has 0 radical (unpaired) electrons. The number of hydrogen-bond acceptors (Lipinski definition) is 5. The van der Waals surface area contributed by atoms with Gasteiger partial charge in [0, 0.05) is 0 Å². The van der Waals surface area contributed by atoms with Gasteiger partial charge < -0.3 is 14.6 Å². The quantitative estimate of drug-likeness (QED) is 0.804. The summed E-state index contributed by atoms with van der Waals surface area (Å²) in [6.45, 7) is 0. The fourth-order valence-electron chi connectivity index (χ4n) is 2.11. The van der Waals surface area contributed by atoms with Gasteiger partial charge in [-0.1, -0.05) is 30.3 Å². The number of aliphatic carboxylic acids is 1. The number of hydrogen-bond donors (Lipinski definition) is 3. The van der Waals surface area contributed by atoms with Gasteiger partial charge in [-0.3, -0.25) is 5.48 Å². The molecule has 6 nitrogen and oxygen atoms in total. The third kappa shape index (κ3) is 2.19. The molecule has 2 heterocycles. The minimum absolute atomic E-state index is 0.0432. The standard InChI is InChI=1S/C14H10ClNO5/c15-10-7-6-9(20-10)12-11(8-4-2-1-3-5-8)14(19,13(17)18)21-16-12/h1-7,16,19H,(H,17,18). The molecule has 0 spiro atoms. The number of rotatable bonds is 3. The van der Waals surface area contributed by atoms with Crippen LogP contribution in [0.2, 0.25) is 5.22 Å². The molecule has 1 aromatic heterocycles. The predicted molar refractivity (Wildman–Crippen MR) is 73.8 cm³/mol. The number of carbonyl (C=O) groups is 1. The molecule has 1 unspecified atom stereocenters. The predicted octanol–water partition coefficient (Wildman–Crippen LogP) is 2.11. The van der Waals surface area contributed by atoms with Gasteiger partial charge in [0.25, 0.3) is 0 Å². The van der Waals surface area contributed by atoms with E-state index in [2.05, 4.69) is 5.48 Å². The van der Waals surface area contributed by atoms with Gasteiger partial charge in [-0.2, -0.15) is 0 Å². The summed E-state index contributed by atoms with van der Waals surface area (Å²) in [5, 5.41) is 19.7. The normalized spacial score (nSPS) is 21.4. The molecule has 0 fully saturated rings. The van der Waals surface area contributed by atoms with E-state index < -0.39 is 11.8 Å². The van der Waals surface area contributed by atoms with E-state index in [-0.39, 0.29) is 22.2 Å². The van der Waals surface area contributed by atoms with Crippen LogP contribution in [-0.4, -0.2) is 22.0 Å². The van der Waals surface area contributed by atoms with Crippen LogP contribution < -0.4 is 5.48 Å². The summed E-state index contributed by atoms with van der Waals surface area (Å²) in [6, 6.07) is 11.6. The average Bonchev–Trinajstić information content (AvgIpc) is 3.04. The number of nitrogens with one attached hydrogen (secondary N) is 1. The number of carboxylic acid groups (broad SMARTS) is 1. The van der Waals surface area contributed by atoms with Crippen LogP contribution >= 0.6 is 11.6 Å². The second-order valence-corrected chi connectivity index (χ2v) is 4.75. The van der Waals surface area contributed by atoms with Crippen molar-refractivity contribution in [1.82, 2.24) is 5.48 Å². The Labute approximate surface area is 124 Å². The molecule has 1 atom stereocenters. The van der Waals surface area contributed by atoms with Crippen LogP contribution in [0.5, 0.6) is 0 Å². The van der Waals surface area contributed by atoms with E-state index in [0.717, 1.165) is 0 Å². The second kappa shape index (κ2) is 4.92. The van der Waals surface area contributed by atoms with Crippen LogP contribution in [0.3, 0.4) is 0 Å². The molecule has 7 heteroatoms. The van der Waals surface area contributed by atoms with Crippen molar-refractivity contribution in [2.75, 3.05) is 0 Å². The minimum atomic E-state index is -2.52. The molecule has 0 amide bonds. The van der Waals surface area contributed by atoms with Crippen molar-refractivity contribution in [2.24, 2.45) is 0 Å². The lowest BCUT2D eigenvalue weighted by Crippen LogP contribution is -2.41. The van der Waals surface area contributed by atoms with Gasteiger partial charge >= 0.3 is 11.8 Å². The highest BCUT2D eigenvalue weighted by Gasteiger charge is 2.50. The summed E-state index contributed by atoms with van der Waals surface area (Å²) in [4.78, 5) is 16.3. The van der Waals surface area contributed by atoms with E-state index in [1.54, 1.807) is 36.4 Å².